The van der Waals surface area contributed by atoms with Crippen LogP contribution in [0.2, 0.25) is 0 Å². The fourth-order valence-electron chi connectivity index (χ4n) is 3.70. The number of nitrogens with two attached hydrogens (primary N) is 1. The second-order valence-electron chi connectivity index (χ2n) is 7.19. The number of carbonyl (C=O) groups is 1. The Hall–Kier alpha value is -3.98. The van der Waals surface area contributed by atoms with Gasteiger partial charge in [-0.25, -0.2) is 13.7 Å². The van der Waals surface area contributed by atoms with Crippen LogP contribution in [0.1, 0.15) is 18.0 Å². The molecule has 2 aromatic heterocycles. The summed E-state index contributed by atoms with van der Waals surface area (Å²) >= 11 is 0. The highest BCUT2D eigenvalue weighted by Gasteiger charge is 2.32. The number of urea groups is 1. The van der Waals surface area contributed by atoms with Crippen molar-refractivity contribution in [3.63, 3.8) is 0 Å². The molecule has 2 amide bonds. The number of amides is 2. The molecule has 1 fully saturated rings. The molecule has 5 rings (SSSR count). The number of hydrogen-bond acceptors (Lipinski definition) is 5. The summed E-state index contributed by atoms with van der Waals surface area (Å²) in [5, 5.41) is 7.95. The van der Waals surface area contributed by atoms with Crippen molar-refractivity contribution in [2.75, 3.05) is 17.7 Å². The Morgan fingerprint density at radius 2 is 1.94 bits per heavy atom. The maximum atomic E-state index is 14.5. The zero-order chi connectivity index (χ0) is 21.4. The Kier molecular flexibility index (Phi) is 4.72. The van der Waals surface area contributed by atoms with Gasteiger partial charge in [0.15, 0.2) is 5.65 Å². The van der Waals surface area contributed by atoms with E-state index in [4.69, 9.17) is 10.6 Å². The van der Waals surface area contributed by atoms with Gasteiger partial charge in [-0.15, -0.1) is 5.10 Å². The first-order chi connectivity index (χ1) is 15.1. The number of nitrogens with one attached hydrogen (secondary N) is 1. The number of aromatic nitrogens is 3. The Morgan fingerprint density at radius 3 is 2.77 bits per heavy atom. The third kappa shape index (κ3) is 3.66. The number of benzene rings is 2. The minimum atomic E-state index is -0.541. The number of fused-ring (bicyclic) bond motifs is 1. The van der Waals surface area contributed by atoms with Crippen molar-refractivity contribution in [3.8, 4) is 11.1 Å². The molecule has 1 aliphatic rings. The number of rotatable bonds is 3. The fourth-order valence-corrected chi connectivity index (χ4v) is 3.70. The van der Waals surface area contributed by atoms with E-state index < -0.39 is 11.8 Å². The largest absolute Gasteiger partial charge is 0.366 e. The van der Waals surface area contributed by atoms with Crippen LogP contribution < -0.4 is 11.1 Å². The van der Waals surface area contributed by atoms with E-state index in [1.165, 1.54) is 11.1 Å². The van der Waals surface area contributed by atoms with E-state index in [9.17, 15) is 9.18 Å². The number of halogens is 1. The quantitative estimate of drug-likeness (QED) is 0.524. The second kappa shape index (κ2) is 7.69. The number of nitrogens with zero attached hydrogens (tertiary/aromatic N) is 4. The van der Waals surface area contributed by atoms with Crippen LogP contribution >= 0.6 is 0 Å². The van der Waals surface area contributed by atoms with E-state index in [2.05, 4.69) is 15.4 Å². The molecular weight excluding hydrogens is 399 g/mol. The van der Waals surface area contributed by atoms with Crippen LogP contribution in [-0.4, -0.2) is 32.3 Å². The SMILES string of the molecule is Nc1nc2cc(-c3ccc(F)c(NC(=O)N4OCCC4c4ccccc4)c3)ccn2n1. The van der Waals surface area contributed by atoms with Crippen molar-refractivity contribution in [1.29, 1.82) is 0 Å². The van der Waals surface area contributed by atoms with Crippen molar-refractivity contribution in [1.82, 2.24) is 19.7 Å². The standard InChI is InChI=1S/C22H19FN6O2/c23-17-7-6-15(16-8-10-28-20(13-16)26-21(24)27-28)12-18(17)25-22(30)29-19(9-11-31-29)14-4-2-1-3-5-14/h1-8,10,12-13,19H,9,11H2,(H2,24,27)(H,25,30). The molecule has 4 aromatic rings. The maximum Gasteiger partial charge on any atom is 0.346 e. The summed E-state index contributed by atoms with van der Waals surface area (Å²) in [5.41, 5.74) is 8.73. The van der Waals surface area contributed by atoms with Crippen molar-refractivity contribution in [3.05, 3.63) is 78.2 Å². The summed E-state index contributed by atoms with van der Waals surface area (Å²) in [6.07, 6.45) is 2.39. The minimum absolute atomic E-state index is 0.0608. The summed E-state index contributed by atoms with van der Waals surface area (Å²) < 4.78 is 16.0. The maximum absolute atomic E-state index is 14.5. The summed E-state index contributed by atoms with van der Waals surface area (Å²) in [5.74, 6) is -0.372. The molecule has 3 N–H and O–H groups in total. The molecular formula is C22H19FN6O2. The fraction of sp³-hybridized carbons (Fsp3) is 0.136. The molecule has 1 saturated heterocycles. The first kappa shape index (κ1) is 19.0. The summed E-state index contributed by atoms with van der Waals surface area (Å²) in [6.45, 7) is 0.414. The van der Waals surface area contributed by atoms with Crippen LogP contribution in [0, 0.1) is 5.82 Å². The highest BCUT2D eigenvalue weighted by Crippen LogP contribution is 2.32. The number of nitrogen functional groups attached to an aromatic ring is 1. The third-order valence-electron chi connectivity index (χ3n) is 5.18. The normalized spacial score (nSPS) is 16.0. The van der Waals surface area contributed by atoms with E-state index in [0.717, 1.165) is 11.1 Å². The van der Waals surface area contributed by atoms with Crippen LogP contribution in [0.5, 0.6) is 0 Å². The van der Waals surface area contributed by atoms with Gasteiger partial charge in [-0.3, -0.25) is 4.84 Å². The molecule has 1 atom stereocenters. The molecule has 1 unspecified atom stereocenters. The van der Waals surface area contributed by atoms with Gasteiger partial charge in [0.2, 0.25) is 5.95 Å². The zero-order valence-electron chi connectivity index (χ0n) is 16.4. The minimum Gasteiger partial charge on any atom is -0.366 e. The Balaban J connectivity index is 1.40. The Bertz CT molecular complexity index is 1260. The molecule has 1 aliphatic heterocycles. The Morgan fingerprint density at radius 1 is 1.13 bits per heavy atom. The van der Waals surface area contributed by atoms with E-state index in [-0.39, 0.29) is 17.7 Å². The molecule has 2 aromatic carbocycles. The highest BCUT2D eigenvalue weighted by atomic mass is 19.1. The van der Waals surface area contributed by atoms with Crippen LogP contribution in [0.4, 0.5) is 20.8 Å². The van der Waals surface area contributed by atoms with Gasteiger partial charge in [-0.2, -0.15) is 10.0 Å². The lowest BCUT2D eigenvalue weighted by atomic mass is 10.0. The molecule has 0 radical (unpaired) electrons. The summed E-state index contributed by atoms with van der Waals surface area (Å²) in [6, 6.07) is 17.0. The number of carbonyl (C=O) groups excluding carboxylic acids is 1. The van der Waals surface area contributed by atoms with E-state index in [0.29, 0.717) is 24.2 Å². The van der Waals surface area contributed by atoms with E-state index in [1.807, 2.05) is 36.4 Å². The molecule has 0 bridgehead atoms. The van der Waals surface area contributed by atoms with Crippen LogP contribution in [0.25, 0.3) is 16.8 Å². The average Bonchev–Trinajstić information content (AvgIpc) is 3.41. The molecule has 0 aliphatic carbocycles. The lowest BCUT2D eigenvalue weighted by molar-refractivity contribution is -0.0830. The molecule has 156 valence electrons. The highest BCUT2D eigenvalue weighted by molar-refractivity contribution is 5.90. The van der Waals surface area contributed by atoms with Crippen LogP contribution in [0.3, 0.4) is 0 Å². The first-order valence-corrected chi connectivity index (χ1v) is 9.78. The monoisotopic (exact) mass is 418 g/mol. The number of pyridine rings is 1. The van der Waals surface area contributed by atoms with Crippen molar-refractivity contribution >= 4 is 23.3 Å². The molecule has 9 heteroatoms. The van der Waals surface area contributed by atoms with Gasteiger partial charge in [-0.05, 0) is 41.0 Å². The topological polar surface area (TPSA) is 97.8 Å². The third-order valence-corrected chi connectivity index (χ3v) is 5.18. The lowest BCUT2D eigenvalue weighted by Gasteiger charge is -2.23. The number of anilines is 2. The summed E-state index contributed by atoms with van der Waals surface area (Å²) in [7, 11) is 0. The first-order valence-electron chi connectivity index (χ1n) is 9.78. The van der Waals surface area contributed by atoms with Gasteiger partial charge < -0.3 is 11.1 Å². The molecule has 3 heterocycles. The van der Waals surface area contributed by atoms with Gasteiger partial charge in [-0.1, -0.05) is 36.4 Å². The molecule has 31 heavy (non-hydrogen) atoms. The van der Waals surface area contributed by atoms with Gasteiger partial charge in [0.05, 0.1) is 18.3 Å². The van der Waals surface area contributed by atoms with Gasteiger partial charge in [0.1, 0.15) is 5.82 Å². The summed E-state index contributed by atoms with van der Waals surface area (Å²) in [4.78, 5) is 22.5. The Labute approximate surface area is 177 Å². The van der Waals surface area contributed by atoms with Crippen LogP contribution in [-0.2, 0) is 4.84 Å². The molecule has 8 nitrogen and oxygen atoms in total. The predicted octanol–water partition coefficient (Wildman–Crippen LogP) is 4.03. The molecule has 0 saturated carbocycles. The average molecular weight is 418 g/mol. The van der Waals surface area contributed by atoms with Gasteiger partial charge in [0.25, 0.3) is 0 Å². The van der Waals surface area contributed by atoms with Crippen LogP contribution in [0.15, 0.2) is 66.9 Å². The predicted molar refractivity (Wildman–Crippen MR) is 113 cm³/mol. The number of hydrogen-bond donors (Lipinski definition) is 2. The molecule has 0 spiro atoms. The van der Waals surface area contributed by atoms with Gasteiger partial charge in [0, 0.05) is 12.6 Å². The van der Waals surface area contributed by atoms with Crippen molar-refractivity contribution in [2.45, 2.75) is 12.5 Å². The van der Waals surface area contributed by atoms with Gasteiger partial charge >= 0.3 is 6.03 Å². The smallest absolute Gasteiger partial charge is 0.346 e. The van der Waals surface area contributed by atoms with E-state index in [1.54, 1.807) is 28.9 Å². The van der Waals surface area contributed by atoms with Crippen molar-refractivity contribution in [2.24, 2.45) is 0 Å². The lowest BCUT2D eigenvalue weighted by Crippen LogP contribution is -2.33. The zero-order valence-corrected chi connectivity index (χ0v) is 16.4. The van der Waals surface area contributed by atoms with E-state index >= 15 is 0 Å². The van der Waals surface area contributed by atoms with Crippen molar-refractivity contribution < 1.29 is 14.0 Å². The number of hydroxylamine groups is 2. The second-order valence-corrected chi connectivity index (χ2v) is 7.19.